The Kier molecular flexibility index (Phi) is 10.4. The van der Waals surface area contributed by atoms with E-state index in [1.165, 1.54) is 0 Å². The van der Waals surface area contributed by atoms with Gasteiger partial charge in [0.2, 0.25) is 11.8 Å². The lowest BCUT2D eigenvalue weighted by molar-refractivity contribution is -0.132. The monoisotopic (exact) mass is 410 g/mol. The molecule has 2 saturated heterocycles. The first-order valence-corrected chi connectivity index (χ1v) is 11.6. The fourth-order valence-corrected chi connectivity index (χ4v) is 4.46. The van der Waals surface area contributed by atoms with Gasteiger partial charge in [-0.1, -0.05) is 13.8 Å². The molecule has 0 radical (unpaired) electrons. The van der Waals surface area contributed by atoms with Gasteiger partial charge >= 0.3 is 0 Å². The minimum Gasteiger partial charge on any atom is -0.378 e. The quantitative estimate of drug-likeness (QED) is 0.553. The molecule has 0 aromatic heterocycles. The Balaban J connectivity index is 1.63. The van der Waals surface area contributed by atoms with E-state index in [-0.39, 0.29) is 11.8 Å². The highest BCUT2D eigenvalue weighted by molar-refractivity contribution is 5.76. The molecule has 0 aliphatic carbocycles. The number of hydrogen-bond acceptors (Lipinski definition) is 4. The molecular formula is C23H42N2O4. The molecule has 29 heavy (non-hydrogen) atoms. The lowest BCUT2D eigenvalue weighted by atomic mass is 9.91. The van der Waals surface area contributed by atoms with Crippen LogP contribution < -0.4 is 0 Å². The summed E-state index contributed by atoms with van der Waals surface area (Å²) in [5, 5.41) is 0. The van der Waals surface area contributed by atoms with Gasteiger partial charge in [-0.25, -0.2) is 0 Å². The van der Waals surface area contributed by atoms with Gasteiger partial charge < -0.3 is 19.3 Å². The molecule has 0 aromatic rings. The molecule has 2 amide bonds. The van der Waals surface area contributed by atoms with Crippen molar-refractivity contribution in [2.45, 2.75) is 83.8 Å². The van der Waals surface area contributed by atoms with Gasteiger partial charge in [-0.2, -0.15) is 0 Å². The molecule has 6 nitrogen and oxygen atoms in total. The van der Waals surface area contributed by atoms with E-state index in [1.54, 1.807) is 0 Å². The van der Waals surface area contributed by atoms with Crippen molar-refractivity contribution in [1.82, 2.24) is 9.80 Å². The zero-order valence-electron chi connectivity index (χ0n) is 19.0. The Morgan fingerprint density at radius 2 is 1.21 bits per heavy atom. The van der Waals surface area contributed by atoms with E-state index >= 15 is 0 Å². The number of hydrogen-bond donors (Lipinski definition) is 0. The average Bonchev–Trinajstić information content (AvgIpc) is 2.73. The molecule has 0 N–H and O–H groups in total. The third-order valence-corrected chi connectivity index (χ3v) is 6.63. The Bertz CT molecular complexity index is 469. The predicted octanol–water partition coefficient (Wildman–Crippen LogP) is 3.48. The Morgan fingerprint density at radius 1 is 0.793 bits per heavy atom. The summed E-state index contributed by atoms with van der Waals surface area (Å²) in [5.74, 6) is 1.32. The van der Waals surface area contributed by atoms with Gasteiger partial charge in [0.15, 0.2) is 0 Å². The first kappa shape index (κ1) is 24.1. The van der Waals surface area contributed by atoms with Gasteiger partial charge in [-0.15, -0.1) is 0 Å². The topological polar surface area (TPSA) is 59.1 Å². The molecule has 2 heterocycles. The number of carbonyl (C=O) groups excluding carboxylic acids is 2. The van der Waals surface area contributed by atoms with Crippen LogP contribution in [0.3, 0.4) is 0 Å². The maximum atomic E-state index is 12.5. The molecule has 2 aliphatic heterocycles. The molecule has 0 saturated carbocycles. The van der Waals surface area contributed by atoms with Crippen molar-refractivity contribution in [3.63, 3.8) is 0 Å². The van der Waals surface area contributed by atoms with Crippen molar-refractivity contribution in [3.8, 4) is 0 Å². The predicted molar refractivity (Wildman–Crippen MR) is 115 cm³/mol. The summed E-state index contributed by atoms with van der Waals surface area (Å²) >= 11 is 0. The summed E-state index contributed by atoms with van der Waals surface area (Å²) < 4.78 is 11.4. The molecule has 4 atom stereocenters. The molecule has 6 heteroatoms. The van der Waals surface area contributed by atoms with Crippen molar-refractivity contribution in [2.24, 2.45) is 11.8 Å². The Morgan fingerprint density at radius 3 is 1.59 bits per heavy atom. The molecule has 2 rings (SSSR count). The second kappa shape index (κ2) is 12.5. The van der Waals surface area contributed by atoms with Gasteiger partial charge in [0.25, 0.3) is 0 Å². The van der Waals surface area contributed by atoms with Crippen LogP contribution in [0.4, 0.5) is 0 Å². The summed E-state index contributed by atoms with van der Waals surface area (Å²) in [6.45, 7) is 7.24. The van der Waals surface area contributed by atoms with Gasteiger partial charge in [-0.05, 0) is 56.8 Å². The summed E-state index contributed by atoms with van der Waals surface area (Å²) in [4.78, 5) is 28.7. The number of carbonyl (C=O) groups is 2. The summed E-state index contributed by atoms with van der Waals surface area (Å²) in [5.41, 5.74) is 0. The fraction of sp³-hybridized carbons (Fsp3) is 0.913. The van der Waals surface area contributed by atoms with Crippen molar-refractivity contribution in [3.05, 3.63) is 0 Å². The summed E-state index contributed by atoms with van der Waals surface area (Å²) in [7, 11) is 3.77. The average molecular weight is 411 g/mol. The van der Waals surface area contributed by atoms with Crippen LogP contribution >= 0.6 is 0 Å². The van der Waals surface area contributed by atoms with E-state index in [0.717, 1.165) is 58.2 Å². The minimum absolute atomic E-state index is 0.216. The highest BCUT2D eigenvalue weighted by Crippen LogP contribution is 2.26. The lowest BCUT2D eigenvalue weighted by Crippen LogP contribution is -2.36. The van der Waals surface area contributed by atoms with E-state index in [2.05, 4.69) is 13.8 Å². The second-order valence-corrected chi connectivity index (χ2v) is 8.98. The Labute approximate surface area is 177 Å². The number of amides is 2. The van der Waals surface area contributed by atoms with Crippen LogP contribution in [0.25, 0.3) is 0 Å². The van der Waals surface area contributed by atoms with Crippen molar-refractivity contribution >= 4 is 11.8 Å². The molecule has 4 unspecified atom stereocenters. The maximum absolute atomic E-state index is 12.5. The summed E-state index contributed by atoms with van der Waals surface area (Å²) in [6, 6.07) is 0. The maximum Gasteiger partial charge on any atom is 0.222 e. The first-order valence-electron chi connectivity index (χ1n) is 11.6. The fourth-order valence-electron chi connectivity index (χ4n) is 4.46. The second-order valence-electron chi connectivity index (χ2n) is 8.98. The third kappa shape index (κ3) is 8.25. The van der Waals surface area contributed by atoms with Crippen molar-refractivity contribution < 1.29 is 19.1 Å². The van der Waals surface area contributed by atoms with Gasteiger partial charge in [0, 0.05) is 53.2 Å². The molecule has 0 bridgehead atoms. The van der Waals surface area contributed by atoms with Crippen LogP contribution in [0.2, 0.25) is 0 Å². The van der Waals surface area contributed by atoms with E-state index in [4.69, 9.17) is 9.47 Å². The number of rotatable bonds is 10. The van der Waals surface area contributed by atoms with Crippen molar-refractivity contribution in [1.29, 1.82) is 0 Å². The normalized spacial score (nSPS) is 27.4. The largest absolute Gasteiger partial charge is 0.378 e. The van der Waals surface area contributed by atoms with Crippen LogP contribution in [-0.4, -0.2) is 74.2 Å². The SMILES string of the molecule is CCC1CC(CC(=O)N(C)CCCN(C)C(=O)CC2CCOC(CC)C2)CCO1. The molecule has 0 aromatic carbocycles. The molecule has 2 aliphatic rings. The van der Waals surface area contributed by atoms with Gasteiger partial charge in [-0.3, -0.25) is 9.59 Å². The van der Waals surface area contributed by atoms with Crippen LogP contribution in [0.5, 0.6) is 0 Å². The highest BCUT2D eigenvalue weighted by Gasteiger charge is 2.26. The lowest BCUT2D eigenvalue weighted by Gasteiger charge is -2.30. The standard InChI is InChI=1S/C23H42N2O4/c1-5-20-14-18(8-12-28-20)16-22(26)24(3)10-7-11-25(4)23(27)17-19-9-13-29-21(6-2)15-19/h18-21H,5-17H2,1-4H3. The van der Waals surface area contributed by atoms with Crippen LogP contribution in [0.15, 0.2) is 0 Å². The molecule has 0 spiro atoms. The smallest absolute Gasteiger partial charge is 0.222 e. The highest BCUT2D eigenvalue weighted by atomic mass is 16.5. The number of nitrogens with zero attached hydrogens (tertiary/aromatic N) is 2. The van der Waals surface area contributed by atoms with Gasteiger partial charge in [0.05, 0.1) is 12.2 Å². The molecule has 2 fully saturated rings. The van der Waals surface area contributed by atoms with Crippen molar-refractivity contribution in [2.75, 3.05) is 40.4 Å². The zero-order valence-corrected chi connectivity index (χ0v) is 19.0. The zero-order chi connectivity index (χ0) is 21.2. The minimum atomic E-state index is 0.216. The first-order chi connectivity index (χ1) is 13.9. The molecule has 168 valence electrons. The van der Waals surface area contributed by atoms with Crippen LogP contribution in [0.1, 0.15) is 71.6 Å². The van der Waals surface area contributed by atoms with E-state index in [0.29, 0.717) is 50.0 Å². The van der Waals surface area contributed by atoms with E-state index in [9.17, 15) is 9.59 Å². The molecular weight excluding hydrogens is 368 g/mol. The van der Waals surface area contributed by atoms with E-state index in [1.807, 2.05) is 23.9 Å². The Hall–Kier alpha value is -1.14. The van der Waals surface area contributed by atoms with E-state index < -0.39 is 0 Å². The third-order valence-electron chi connectivity index (χ3n) is 6.63. The van der Waals surface area contributed by atoms with Crippen LogP contribution in [-0.2, 0) is 19.1 Å². The van der Waals surface area contributed by atoms with Crippen LogP contribution in [0, 0.1) is 11.8 Å². The number of ether oxygens (including phenoxy) is 2. The summed E-state index contributed by atoms with van der Waals surface area (Å²) in [6.07, 6.45) is 8.70. The van der Waals surface area contributed by atoms with Gasteiger partial charge in [0.1, 0.15) is 0 Å².